The monoisotopic (exact) mass is 272 g/mol. The van der Waals surface area contributed by atoms with Crippen molar-refractivity contribution in [2.45, 2.75) is 37.0 Å². The first-order valence-corrected chi connectivity index (χ1v) is 6.68. The van der Waals surface area contributed by atoms with Gasteiger partial charge in [-0.2, -0.15) is 0 Å². The van der Waals surface area contributed by atoms with Crippen molar-refractivity contribution in [3.05, 3.63) is 23.2 Å². The Morgan fingerprint density at radius 3 is 2.59 bits per heavy atom. The van der Waals surface area contributed by atoms with Gasteiger partial charge in [0, 0.05) is 16.6 Å². The van der Waals surface area contributed by atoms with E-state index in [1.165, 1.54) is 11.8 Å². The highest BCUT2D eigenvalue weighted by Crippen LogP contribution is 2.35. The molecule has 0 saturated heterocycles. The number of rotatable bonds is 4. The second kappa shape index (κ2) is 6.17. The van der Waals surface area contributed by atoms with E-state index in [2.05, 4.69) is 5.32 Å². The normalized spacial score (nSPS) is 12.5. The third-order valence-electron chi connectivity index (χ3n) is 2.09. The zero-order valence-electron chi connectivity index (χ0n) is 10.2. The van der Waals surface area contributed by atoms with Gasteiger partial charge in [-0.05, 0) is 32.9 Å². The van der Waals surface area contributed by atoms with Crippen molar-refractivity contribution in [2.24, 2.45) is 0 Å². The van der Waals surface area contributed by atoms with E-state index in [0.29, 0.717) is 10.7 Å². The molecule has 1 atom stereocenters. The Labute approximate surface area is 111 Å². The first-order valence-electron chi connectivity index (χ1n) is 5.43. The fourth-order valence-electron chi connectivity index (χ4n) is 1.28. The molecule has 3 nitrogen and oxygen atoms in total. The van der Waals surface area contributed by atoms with E-state index in [1.807, 2.05) is 20.8 Å². The Balaban J connectivity index is 2.74. The molecule has 0 aliphatic carbocycles. The quantitative estimate of drug-likeness (QED) is 0.655. The molecule has 0 aliphatic rings. The Morgan fingerprint density at radius 1 is 1.41 bits per heavy atom. The highest BCUT2D eigenvalue weighted by Gasteiger charge is 2.17. The van der Waals surface area contributed by atoms with E-state index in [9.17, 15) is 4.79 Å². The van der Waals surface area contributed by atoms with Crippen molar-refractivity contribution < 1.29 is 4.79 Å². The van der Waals surface area contributed by atoms with Gasteiger partial charge in [0.1, 0.15) is 0 Å². The number of hydrogen-bond donors (Lipinski definition) is 2. The molecule has 0 fully saturated rings. The zero-order chi connectivity index (χ0) is 13.0. The van der Waals surface area contributed by atoms with Crippen molar-refractivity contribution in [1.82, 2.24) is 5.32 Å². The minimum absolute atomic E-state index is 0.00989. The van der Waals surface area contributed by atoms with Crippen LogP contribution in [0.5, 0.6) is 0 Å². The summed E-state index contributed by atoms with van der Waals surface area (Å²) in [4.78, 5) is 12.5. The zero-order valence-corrected chi connectivity index (χ0v) is 11.7. The maximum atomic E-state index is 11.8. The second-order valence-electron chi connectivity index (χ2n) is 4.08. The fourth-order valence-corrected chi connectivity index (χ4v) is 2.51. The van der Waals surface area contributed by atoms with Crippen LogP contribution in [-0.4, -0.2) is 17.2 Å². The molecule has 0 bridgehead atoms. The summed E-state index contributed by atoms with van der Waals surface area (Å²) < 4.78 is 0. The summed E-state index contributed by atoms with van der Waals surface area (Å²) >= 11 is 7.43. The maximum Gasteiger partial charge on any atom is 0.233 e. The van der Waals surface area contributed by atoms with Gasteiger partial charge >= 0.3 is 0 Å². The number of carbonyl (C=O) groups is 1. The van der Waals surface area contributed by atoms with Crippen LogP contribution in [0.15, 0.2) is 23.1 Å². The summed E-state index contributed by atoms with van der Waals surface area (Å²) in [6.07, 6.45) is 0. The van der Waals surface area contributed by atoms with E-state index in [4.69, 9.17) is 17.3 Å². The van der Waals surface area contributed by atoms with Crippen LogP contribution < -0.4 is 11.1 Å². The number of nitrogen functional groups attached to an aromatic ring is 1. The van der Waals surface area contributed by atoms with E-state index in [-0.39, 0.29) is 17.2 Å². The van der Waals surface area contributed by atoms with Crippen LogP contribution in [0.1, 0.15) is 20.8 Å². The molecular weight excluding hydrogens is 256 g/mol. The average molecular weight is 273 g/mol. The van der Waals surface area contributed by atoms with Crippen molar-refractivity contribution in [3.63, 3.8) is 0 Å². The SMILES string of the molecule is CC(C)NC(=O)C(C)Sc1c(N)cccc1Cl. The Kier molecular flexibility index (Phi) is 5.15. The van der Waals surface area contributed by atoms with Gasteiger partial charge in [0.15, 0.2) is 0 Å². The molecular formula is C12H17ClN2OS. The molecule has 1 unspecified atom stereocenters. The van der Waals surface area contributed by atoms with Crippen LogP contribution in [0.25, 0.3) is 0 Å². The van der Waals surface area contributed by atoms with Gasteiger partial charge in [-0.25, -0.2) is 0 Å². The third-order valence-corrected chi connectivity index (χ3v) is 3.78. The Bertz CT molecular complexity index is 389. The van der Waals surface area contributed by atoms with Crippen LogP contribution in [0.3, 0.4) is 0 Å². The van der Waals surface area contributed by atoms with Gasteiger partial charge < -0.3 is 11.1 Å². The molecule has 0 spiro atoms. The van der Waals surface area contributed by atoms with Gasteiger partial charge in [-0.15, -0.1) is 11.8 Å². The highest BCUT2D eigenvalue weighted by molar-refractivity contribution is 8.00. The van der Waals surface area contributed by atoms with Gasteiger partial charge in [-0.1, -0.05) is 17.7 Å². The highest BCUT2D eigenvalue weighted by atomic mass is 35.5. The summed E-state index contributed by atoms with van der Waals surface area (Å²) in [6.45, 7) is 5.70. The molecule has 0 aromatic heterocycles. The summed E-state index contributed by atoms with van der Waals surface area (Å²) in [5, 5.41) is 3.22. The van der Waals surface area contributed by atoms with E-state index < -0.39 is 0 Å². The van der Waals surface area contributed by atoms with Crippen LogP contribution in [0, 0.1) is 0 Å². The molecule has 5 heteroatoms. The summed E-state index contributed by atoms with van der Waals surface area (Å²) in [5.41, 5.74) is 6.44. The number of nitrogens with two attached hydrogens (primary N) is 1. The summed E-state index contributed by atoms with van der Waals surface area (Å²) in [7, 11) is 0. The second-order valence-corrected chi connectivity index (χ2v) is 5.84. The standard InChI is InChI=1S/C12H17ClN2OS/c1-7(2)15-12(16)8(3)17-11-9(13)5-4-6-10(11)14/h4-8H,14H2,1-3H3,(H,15,16). The predicted molar refractivity (Wildman–Crippen MR) is 74.5 cm³/mol. The lowest BCUT2D eigenvalue weighted by Gasteiger charge is -2.15. The molecule has 0 saturated carbocycles. The minimum Gasteiger partial charge on any atom is -0.398 e. The number of hydrogen-bond acceptors (Lipinski definition) is 3. The minimum atomic E-state index is -0.223. The first-order chi connectivity index (χ1) is 7.91. The molecule has 1 rings (SSSR count). The van der Waals surface area contributed by atoms with Crippen LogP contribution >= 0.6 is 23.4 Å². The maximum absolute atomic E-state index is 11.8. The van der Waals surface area contributed by atoms with Crippen molar-refractivity contribution in [3.8, 4) is 0 Å². The van der Waals surface area contributed by atoms with Crippen LogP contribution in [-0.2, 0) is 4.79 Å². The number of benzene rings is 1. The molecule has 1 amide bonds. The number of thioether (sulfide) groups is 1. The lowest BCUT2D eigenvalue weighted by atomic mass is 10.3. The average Bonchev–Trinajstić information content (AvgIpc) is 2.22. The largest absolute Gasteiger partial charge is 0.398 e. The topological polar surface area (TPSA) is 55.1 Å². The van der Waals surface area contributed by atoms with Crippen molar-refractivity contribution in [2.75, 3.05) is 5.73 Å². The lowest BCUT2D eigenvalue weighted by molar-refractivity contribution is -0.120. The smallest absolute Gasteiger partial charge is 0.233 e. The molecule has 1 aromatic carbocycles. The number of amides is 1. The van der Waals surface area contributed by atoms with Gasteiger partial charge in [0.05, 0.1) is 10.3 Å². The Hall–Kier alpha value is -0.870. The summed E-state index contributed by atoms with van der Waals surface area (Å²) in [6, 6.07) is 5.48. The van der Waals surface area contributed by atoms with E-state index in [1.54, 1.807) is 18.2 Å². The molecule has 3 N–H and O–H groups in total. The molecule has 17 heavy (non-hydrogen) atoms. The summed E-state index contributed by atoms with van der Waals surface area (Å²) in [5.74, 6) is -0.00989. The Morgan fingerprint density at radius 2 is 2.06 bits per heavy atom. The van der Waals surface area contributed by atoms with E-state index in [0.717, 1.165) is 4.90 Å². The van der Waals surface area contributed by atoms with Gasteiger partial charge in [0.25, 0.3) is 0 Å². The van der Waals surface area contributed by atoms with Crippen molar-refractivity contribution >= 4 is 35.0 Å². The van der Waals surface area contributed by atoms with Crippen LogP contribution in [0.4, 0.5) is 5.69 Å². The van der Waals surface area contributed by atoms with Gasteiger partial charge in [-0.3, -0.25) is 4.79 Å². The molecule has 1 aromatic rings. The number of anilines is 1. The number of nitrogens with one attached hydrogen (secondary N) is 1. The lowest BCUT2D eigenvalue weighted by Crippen LogP contribution is -2.35. The van der Waals surface area contributed by atoms with Gasteiger partial charge in [0.2, 0.25) is 5.91 Å². The molecule has 0 aliphatic heterocycles. The molecule has 94 valence electrons. The third kappa shape index (κ3) is 4.13. The fraction of sp³-hybridized carbons (Fsp3) is 0.417. The van der Waals surface area contributed by atoms with Crippen molar-refractivity contribution in [1.29, 1.82) is 0 Å². The van der Waals surface area contributed by atoms with Crippen LogP contribution in [0.2, 0.25) is 5.02 Å². The molecule has 0 heterocycles. The predicted octanol–water partition coefficient (Wildman–Crippen LogP) is 2.93. The first kappa shape index (κ1) is 14.2. The number of halogens is 1. The van der Waals surface area contributed by atoms with E-state index >= 15 is 0 Å². The molecule has 0 radical (unpaired) electrons. The number of carbonyl (C=O) groups excluding carboxylic acids is 1.